The highest BCUT2D eigenvalue weighted by Crippen LogP contribution is 2.26. The maximum Gasteiger partial charge on any atom is 0.253 e. The zero-order chi connectivity index (χ0) is 20.4. The van der Waals surface area contributed by atoms with E-state index in [1.54, 1.807) is 36.8 Å². The standard InChI is InChI=1S/C22H20FN5O/c1-27(2)21(29)16-8-10-18(11-9-16)24-22-25-20-19(7-4-12-28(20)26-22)17-6-3-5-15(13-17)14-23/h3-13H,14H2,1-2H3,(H,24,26). The molecule has 4 aromatic rings. The molecule has 0 fully saturated rings. The van der Waals surface area contributed by atoms with Crippen molar-refractivity contribution in [2.75, 3.05) is 19.4 Å². The molecular formula is C22H20FN5O. The van der Waals surface area contributed by atoms with Crippen molar-refractivity contribution in [3.05, 3.63) is 78.0 Å². The van der Waals surface area contributed by atoms with Gasteiger partial charge in [0, 0.05) is 37.1 Å². The van der Waals surface area contributed by atoms with Gasteiger partial charge in [0.2, 0.25) is 5.95 Å². The molecule has 0 unspecified atom stereocenters. The van der Waals surface area contributed by atoms with Crippen LogP contribution in [0.25, 0.3) is 16.8 Å². The second kappa shape index (κ2) is 7.71. The highest BCUT2D eigenvalue weighted by Gasteiger charge is 2.11. The van der Waals surface area contributed by atoms with Crippen molar-refractivity contribution in [3.8, 4) is 11.1 Å². The summed E-state index contributed by atoms with van der Waals surface area (Å²) in [5.74, 6) is 0.383. The number of nitrogens with zero attached hydrogens (tertiary/aromatic N) is 4. The van der Waals surface area contributed by atoms with E-state index in [0.29, 0.717) is 22.7 Å². The molecule has 7 heteroatoms. The molecule has 0 aliphatic rings. The number of halogens is 1. The number of amides is 1. The Balaban J connectivity index is 1.64. The lowest BCUT2D eigenvalue weighted by Gasteiger charge is -2.10. The number of anilines is 2. The van der Waals surface area contributed by atoms with E-state index in [2.05, 4.69) is 15.4 Å². The van der Waals surface area contributed by atoms with Gasteiger partial charge < -0.3 is 10.2 Å². The van der Waals surface area contributed by atoms with Crippen molar-refractivity contribution >= 4 is 23.2 Å². The Kier molecular flexibility index (Phi) is 4.95. The molecule has 0 aliphatic carbocycles. The molecule has 0 aliphatic heterocycles. The van der Waals surface area contributed by atoms with Crippen LogP contribution in [0.15, 0.2) is 66.9 Å². The molecule has 0 bridgehead atoms. The van der Waals surface area contributed by atoms with Crippen LogP contribution in [0.5, 0.6) is 0 Å². The zero-order valence-electron chi connectivity index (χ0n) is 16.1. The molecule has 2 heterocycles. The summed E-state index contributed by atoms with van der Waals surface area (Å²) in [6, 6.07) is 18.3. The number of alkyl halides is 1. The van der Waals surface area contributed by atoms with Gasteiger partial charge in [-0.05, 0) is 53.6 Å². The summed E-state index contributed by atoms with van der Waals surface area (Å²) in [6.45, 7) is -0.511. The average Bonchev–Trinajstić information content (AvgIpc) is 3.16. The normalized spacial score (nSPS) is 10.9. The predicted octanol–water partition coefficient (Wildman–Crippen LogP) is 4.31. The molecular weight excluding hydrogens is 369 g/mol. The molecule has 0 radical (unpaired) electrons. The lowest BCUT2D eigenvalue weighted by molar-refractivity contribution is 0.0827. The second-order valence-corrected chi connectivity index (χ2v) is 6.86. The van der Waals surface area contributed by atoms with Gasteiger partial charge in [-0.1, -0.05) is 18.2 Å². The van der Waals surface area contributed by atoms with Crippen LogP contribution in [-0.4, -0.2) is 39.5 Å². The molecule has 2 aromatic carbocycles. The lowest BCUT2D eigenvalue weighted by atomic mass is 10.0. The van der Waals surface area contributed by atoms with Gasteiger partial charge >= 0.3 is 0 Å². The van der Waals surface area contributed by atoms with Crippen molar-refractivity contribution < 1.29 is 9.18 Å². The van der Waals surface area contributed by atoms with E-state index in [1.807, 2.05) is 48.7 Å². The molecule has 1 amide bonds. The lowest BCUT2D eigenvalue weighted by Crippen LogP contribution is -2.21. The van der Waals surface area contributed by atoms with Crippen LogP contribution in [0.4, 0.5) is 16.0 Å². The SMILES string of the molecule is CN(C)C(=O)c1ccc(Nc2nc3c(-c4cccc(CF)c4)cccn3n2)cc1. The Morgan fingerprint density at radius 2 is 1.90 bits per heavy atom. The van der Waals surface area contributed by atoms with Crippen molar-refractivity contribution in [1.82, 2.24) is 19.5 Å². The third kappa shape index (κ3) is 3.80. The first kappa shape index (κ1) is 18.6. The van der Waals surface area contributed by atoms with Gasteiger partial charge in [-0.15, -0.1) is 5.10 Å². The number of hydrogen-bond acceptors (Lipinski definition) is 4. The third-order valence-electron chi connectivity index (χ3n) is 4.55. The number of fused-ring (bicyclic) bond motifs is 1. The molecule has 0 atom stereocenters. The Morgan fingerprint density at radius 3 is 2.62 bits per heavy atom. The molecule has 0 saturated heterocycles. The summed E-state index contributed by atoms with van der Waals surface area (Å²) in [5, 5.41) is 7.63. The Morgan fingerprint density at radius 1 is 1.10 bits per heavy atom. The molecule has 0 saturated carbocycles. The van der Waals surface area contributed by atoms with Gasteiger partial charge in [0.1, 0.15) is 6.67 Å². The van der Waals surface area contributed by atoms with E-state index in [0.717, 1.165) is 16.8 Å². The summed E-state index contributed by atoms with van der Waals surface area (Å²) in [4.78, 5) is 18.1. The number of hydrogen-bond donors (Lipinski definition) is 1. The van der Waals surface area contributed by atoms with Crippen LogP contribution in [0.3, 0.4) is 0 Å². The Bertz CT molecular complexity index is 1170. The van der Waals surface area contributed by atoms with Crippen molar-refractivity contribution in [1.29, 1.82) is 0 Å². The molecule has 29 heavy (non-hydrogen) atoms. The van der Waals surface area contributed by atoms with E-state index >= 15 is 0 Å². The second-order valence-electron chi connectivity index (χ2n) is 6.86. The zero-order valence-corrected chi connectivity index (χ0v) is 16.1. The topological polar surface area (TPSA) is 62.5 Å². The minimum absolute atomic E-state index is 0.0532. The van der Waals surface area contributed by atoms with Crippen molar-refractivity contribution in [2.24, 2.45) is 0 Å². The van der Waals surface area contributed by atoms with Gasteiger partial charge in [0.25, 0.3) is 5.91 Å². The van der Waals surface area contributed by atoms with Gasteiger partial charge in [-0.3, -0.25) is 4.79 Å². The van der Waals surface area contributed by atoms with Gasteiger partial charge in [-0.2, -0.15) is 4.98 Å². The minimum atomic E-state index is -0.511. The van der Waals surface area contributed by atoms with Crippen LogP contribution in [0.2, 0.25) is 0 Å². The fourth-order valence-electron chi connectivity index (χ4n) is 3.09. The number of carbonyl (C=O) groups excluding carboxylic acids is 1. The first-order chi connectivity index (χ1) is 14.0. The molecule has 4 rings (SSSR count). The quantitative estimate of drug-likeness (QED) is 0.552. The van der Waals surface area contributed by atoms with Crippen molar-refractivity contribution in [2.45, 2.75) is 6.67 Å². The van der Waals surface area contributed by atoms with Gasteiger partial charge in [0.15, 0.2) is 5.65 Å². The summed E-state index contributed by atoms with van der Waals surface area (Å²) in [7, 11) is 3.44. The molecule has 2 aromatic heterocycles. The van der Waals surface area contributed by atoms with Crippen molar-refractivity contribution in [3.63, 3.8) is 0 Å². The number of aromatic nitrogens is 3. The fraction of sp³-hybridized carbons (Fsp3) is 0.136. The average molecular weight is 389 g/mol. The fourth-order valence-corrected chi connectivity index (χ4v) is 3.09. The van der Waals surface area contributed by atoms with E-state index < -0.39 is 6.67 Å². The highest BCUT2D eigenvalue weighted by atomic mass is 19.1. The largest absolute Gasteiger partial charge is 0.345 e. The van der Waals surface area contributed by atoms with Gasteiger partial charge in [0.05, 0.1) is 0 Å². The summed E-state index contributed by atoms with van der Waals surface area (Å²) >= 11 is 0. The summed E-state index contributed by atoms with van der Waals surface area (Å²) in [6.07, 6.45) is 1.81. The molecule has 0 spiro atoms. The minimum Gasteiger partial charge on any atom is -0.345 e. The van der Waals surface area contributed by atoms with Crippen LogP contribution >= 0.6 is 0 Å². The molecule has 146 valence electrons. The summed E-state index contributed by atoms with van der Waals surface area (Å²) < 4.78 is 14.7. The molecule has 1 N–H and O–H groups in total. The number of nitrogens with one attached hydrogen (secondary N) is 1. The Hall–Kier alpha value is -3.74. The summed E-state index contributed by atoms with van der Waals surface area (Å²) in [5.41, 5.74) is 4.43. The number of benzene rings is 2. The van der Waals surface area contributed by atoms with Crippen LogP contribution in [-0.2, 0) is 6.67 Å². The maximum atomic E-state index is 13.0. The smallest absolute Gasteiger partial charge is 0.253 e. The van der Waals surface area contributed by atoms with Crippen LogP contribution < -0.4 is 5.32 Å². The van der Waals surface area contributed by atoms with E-state index in [1.165, 1.54) is 4.90 Å². The first-order valence-electron chi connectivity index (χ1n) is 9.14. The number of carbonyl (C=O) groups is 1. The number of rotatable bonds is 5. The van der Waals surface area contributed by atoms with E-state index in [-0.39, 0.29) is 5.91 Å². The third-order valence-corrected chi connectivity index (χ3v) is 4.55. The predicted molar refractivity (Wildman–Crippen MR) is 111 cm³/mol. The number of pyridine rings is 1. The van der Waals surface area contributed by atoms with E-state index in [4.69, 9.17) is 0 Å². The monoisotopic (exact) mass is 389 g/mol. The molecule has 6 nitrogen and oxygen atoms in total. The van der Waals surface area contributed by atoms with Gasteiger partial charge in [-0.25, -0.2) is 8.91 Å². The van der Waals surface area contributed by atoms with Crippen LogP contribution in [0.1, 0.15) is 15.9 Å². The Labute approximate surface area is 167 Å². The first-order valence-corrected chi connectivity index (χ1v) is 9.14. The maximum absolute atomic E-state index is 13.0. The van der Waals surface area contributed by atoms with E-state index in [9.17, 15) is 9.18 Å². The van der Waals surface area contributed by atoms with Crippen LogP contribution in [0, 0.1) is 0 Å². The highest BCUT2D eigenvalue weighted by molar-refractivity contribution is 5.94.